The molecule has 184 valence electrons. The Bertz CT molecular complexity index is 1740. The van der Waals surface area contributed by atoms with Crippen LogP contribution >= 0.6 is 11.3 Å². The number of pyridine rings is 1. The quantitative estimate of drug-likeness (QED) is 0.206. The summed E-state index contributed by atoms with van der Waals surface area (Å²) in [6.45, 7) is 4.21. The summed E-state index contributed by atoms with van der Waals surface area (Å²) in [6.07, 6.45) is 5.89. The van der Waals surface area contributed by atoms with Gasteiger partial charge in [0.2, 0.25) is 5.91 Å². The number of aromatic nitrogens is 4. The fourth-order valence-electron chi connectivity index (χ4n) is 4.70. The number of fused-ring (bicyclic) bond motifs is 2. The Morgan fingerprint density at radius 1 is 0.973 bits per heavy atom. The topological polar surface area (TPSA) is 86.5 Å². The second-order valence-electron chi connectivity index (χ2n) is 9.31. The number of carbonyl (C=O) groups excluding carboxylic acids is 1. The van der Waals surface area contributed by atoms with Gasteiger partial charge in [0.05, 0.1) is 23.1 Å². The van der Waals surface area contributed by atoms with E-state index in [0.29, 0.717) is 12.1 Å². The van der Waals surface area contributed by atoms with Gasteiger partial charge in [0.1, 0.15) is 5.69 Å². The lowest BCUT2D eigenvalue weighted by molar-refractivity contribution is -0.116. The molecule has 4 aromatic heterocycles. The summed E-state index contributed by atoms with van der Waals surface area (Å²) in [5.41, 5.74) is 7.77. The molecule has 7 heteroatoms. The van der Waals surface area contributed by atoms with Gasteiger partial charge in [0.25, 0.3) is 0 Å². The molecular formula is C30H27N5OS. The van der Waals surface area contributed by atoms with Gasteiger partial charge in [-0.3, -0.25) is 14.9 Å². The van der Waals surface area contributed by atoms with Crippen LogP contribution in [0, 0.1) is 6.92 Å². The summed E-state index contributed by atoms with van der Waals surface area (Å²) in [5.74, 6) is 0.0178. The Morgan fingerprint density at radius 2 is 1.89 bits per heavy atom. The molecule has 0 atom stereocenters. The highest BCUT2D eigenvalue weighted by Gasteiger charge is 2.15. The van der Waals surface area contributed by atoms with Gasteiger partial charge in [-0.15, -0.1) is 11.3 Å². The van der Waals surface area contributed by atoms with E-state index in [9.17, 15) is 4.79 Å². The van der Waals surface area contributed by atoms with Crippen LogP contribution in [0.4, 0.5) is 5.69 Å². The maximum atomic E-state index is 12.2. The number of hydrogen-bond donors (Lipinski definition) is 3. The molecule has 6 rings (SSSR count). The Morgan fingerprint density at radius 3 is 2.73 bits per heavy atom. The third-order valence-corrected chi connectivity index (χ3v) is 7.63. The van der Waals surface area contributed by atoms with Crippen LogP contribution in [-0.2, 0) is 4.79 Å². The number of H-pyrrole nitrogens is 2. The van der Waals surface area contributed by atoms with Crippen LogP contribution in [-0.4, -0.2) is 26.1 Å². The molecule has 0 unspecified atom stereocenters. The number of aromatic amines is 2. The summed E-state index contributed by atoms with van der Waals surface area (Å²) in [7, 11) is 0. The molecule has 0 fully saturated rings. The van der Waals surface area contributed by atoms with Crippen molar-refractivity contribution in [2.45, 2.75) is 33.1 Å². The molecule has 2 aromatic carbocycles. The predicted octanol–water partition coefficient (Wildman–Crippen LogP) is 7.94. The van der Waals surface area contributed by atoms with Crippen LogP contribution in [0.2, 0.25) is 0 Å². The number of nitrogens with one attached hydrogen (secondary N) is 3. The summed E-state index contributed by atoms with van der Waals surface area (Å²) >= 11 is 1.81. The van der Waals surface area contributed by atoms with Crippen molar-refractivity contribution in [2.24, 2.45) is 0 Å². The Kier molecular flexibility index (Phi) is 6.06. The van der Waals surface area contributed by atoms with E-state index in [2.05, 4.69) is 81.8 Å². The van der Waals surface area contributed by atoms with Crippen molar-refractivity contribution in [2.75, 3.05) is 5.32 Å². The number of thiophene rings is 1. The molecular weight excluding hydrogens is 478 g/mol. The van der Waals surface area contributed by atoms with Crippen LogP contribution in [0.25, 0.3) is 54.8 Å². The molecule has 0 spiro atoms. The van der Waals surface area contributed by atoms with E-state index in [1.165, 1.54) is 20.7 Å². The zero-order chi connectivity index (χ0) is 25.4. The largest absolute Gasteiger partial charge is 0.353 e. The Balaban J connectivity index is 1.37. The van der Waals surface area contributed by atoms with Crippen molar-refractivity contribution in [3.63, 3.8) is 0 Å². The monoisotopic (exact) mass is 505 g/mol. The first-order valence-corrected chi connectivity index (χ1v) is 13.3. The van der Waals surface area contributed by atoms with Crippen molar-refractivity contribution in [1.82, 2.24) is 20.2 Å². The van der Waals surface area contributed by atoms with Gasteiger partial charge in [-0.1, -0.05) is 31.5 Å². The number of nitrogens with zero attached hydrogens (tertiary/aromatic N) is 2. The maximum Gasteiger partial charge on any atom is 0.224 e. The minimum Gasteiger partial charge on any atom is -0.353 e. The molecule has 0 aliphatic heterocycles. The smallest absolute Gasteiger partial charge is 0.224 e. The van der Waals surface area contributed by atoms with Gasteiger partial charge in [-0.25, -0.2) is 0 Å². The van der Waals surface area contributed by atoms with Gasteiger partial charge in [0.15, 0.2) is 0 Å². The van der Waals surface area contributed by atoms with Gasteiger partial charge in [-0.05, 0) is 61.4 Å². The predicted molar refractivity (Wildman–Crippen MR) is 153 cm³/mol. The average Bonchev–Trinajstić information content (AvgIpc) is 3.64. The third kappa shape index (κ3) is 4.54. The van der Waals surface area contributed by atoms with Crippen LogP contribution in [0.3, 0.4) is 0 Å². The van der Waals surface area contributed by atoms with Crippen molar-refractivity contribution in [3.05, 3.63) is 77.9 Å². The van der Waals surface area contributed by atoms with Crippen molar-refractivity contribution in [3.8, 4) is 33.0 Å². The van der Waals surface area contributed by atoms with Crippen LogP contribution in [0.1, 0.15) is 31.1 Å². The maximum absolute atomic E-state index is 12.2. The molecule has 0 bridgehead atoms. The van der Waals surface area contributed by atoms with Crippen LogP contribution < -0.4 is 5.32 Å². The molecule has 1 amide bonds. The van der Waals surface area contributed by atoms with E-state index in [1.54, 1.807) is 17.5 Å². The first-order valence-electron chi connectivity index (χ1n) is 12.5. The molecule has 0 radical (unpaired) electrons. The normalized spacial score (nSPS) is 11.4. The number of amides is 1. The highest BCUT2D eigenvalue weighted by Crippen LogP contribution is 2.37. The molecule has 4 heterocycles. The van der Waals surface area contributed by atoms with E-state index in [-0.39, 0.29) is 5.91 Å². The summed E-state index contributed by atoms with van der Waals surface area (Å²) in [4.78, 5) is 22.7. The Hall–Kier alpha value is -4.23. The first-order chi connectivity index (χ1) is 18.1. The molecule has 6 aromatic rings. The van der Waals surface area contributed by atoms with Gasteiger partial charge in [0, 0.05) is 49.8 Å². The van der Waals surface area contributed by atoms with Crippen molar-refractivity contribution in [1.29, 1.82) is 0 Å². The lowest BCUT2D eigenvalue weighted by Gasteiger charge is -2.07. The lowest BCUT2D eigenvalue weighted by atomic mass is 10.0. The fraction of sp³-hybridized carbons (Fsp3) is 0.167. The zero-order valence-electron chi connectivity index (χ0n) is 20.8. The third-order valence-electron chi connectivity index (χ3n) is 6.60. The minimum absolute atomic E-state index is 0.0178. The zero-order valence-corrected chi connectivity index (χ0v) is 21.6. The number of hydrogen-bond acceptors (Lipinski definition) is 4. The SMILES string of the molecule is CCCCC(=O)Nc1cncc(-c2ccc3[nH]nc(-c4cc5c(-c6ccc(C)s6)cccc5[nH]4)c3c2)c1. The van der Waals surface area contributed by atoms with E-state index in [0.717, 1.165) is 51.8 Å². The average molecular weight is 506 g/mol. The molecule has 0 saturated heterocycles. The van der Waals surface area contributed by atoms with E-state index < -0.39 is 0 Å². The van der Waals surface area contributed by atoms with E-state index in [1.807, 2.05) is 24.4 Å². The minimum atomic E-state index is 0.0178. The van der Waals surface area contributed by atoms with E-state index in [4.69, 9.17) is 0 Å². The second kappa shape index (κ2) is 9.67. The molecule has 6 nitrogen and oxygen atoms in total. The van der Waals surface area contributed by atoms with Gasteiger partial charge >= 0.3 is 0 Å². The summed E-state index contributed by atoms with van der Waals surface area (Å²) in [5, 5.41) is 13.0. The first kappa shape index (κ1) is 23.2. The van der Waals surface area contributed by atoms with Crippen molar-refractivity contribution < 1.29 is 4.79 Å². The molecule has 3 N–H and O–H groups in total. The molecule has 37 heavy (non-hydrogen) atoms. The number of benzene rings is 2. The molecule has 0 aliphatic carbocycles. The highest BCUT2D eigenvalue weighted by molar-refractivity contribution is 7.15. The summed E-state index contributed by atoms with van der Waals surface area (Å²) < 4.78 is 0. The van der Waals surface area contributed by atoms with Crippen LogP contribution in [0.15, 0.2) is 73.1 Å². The van der Waals surface area contributed by atoms with Gasteiger partial charge in [-0.2, -0.15) is 5.10 Å². The standard InChI is InChI=1S/C30H27N5OS/c1-3-4-8-29(36)32-21-13-20(16-31-17-21)19-10-11-26-24(14-19)30(35-34-26)27-15-23-22(6-5-7-25(23)33-27)28-12-9-18(2)37-28/h5-7,9-17,33H,3-4,8H2,1-2H3,(H,32,36)(H,34,35). The number of aryl methyl sites for hydroxylation is 1. The molecule has 0 aliphatic rings. The van der Waals surface area contributed by atoms with Crippen LogP contribution in [0.5, 0.6) is 0 Å². The lowest BCUT2D eigenvalue weighted by Crippen LogP contribution is -2.11. The number of anilines is 1. The fourth-order valence-corrected chi connectivity index (χ4v) is 5.61. The van der Waals surface area contributed by atoms with E-state index >= 15 is 0 Å². The van der Waals surface area contributed by atoms with Gasteiger partial charge < -0.3 is 10.3 Å². The Labute approximate surface area is 218 Å². The number of unbranched alkanes of at least 4 members (excludes halogenated alkanes) is 1. The highest BCUT2D eigenvalue weighted by atomic mass is 32.1. The number of rotatable bonds is 7. The summed E-state index contributed by atoms with van der Waals surface area (Å²) in [6, 6.07) is 21.1. The van der Waals surface area contributed by atoms with Crippen molar-refractivity contribution >= 4 is 44.7 Å². The number of carbonyl (C=O) groups is 1. The molecule has 0 saturated carbocycles. The second-order valence-corrected chi connectivity index (χ2v) is 10.6.